The molecule has 0 aliphatic carbocycles. The van der Waals surface area contributed by atoms with Gasteiger partial charge in [-0.2, -0.15) is 0 Å². The number of hydrogen-bond acceptors (Lipinski definition) is 3. The van der Waals surface area contributed by atoms with Gasteiger partial charge >= 0.3 is 5.97 Å². The fourth-order valence-electron chi connectivity index (χ4n) is 2.71. The molecule has 2 aromatic rings. The van der Waals surface area contributed by atoms with Gasteiger partial charge in [0.25, 0.3) is 11.8 Å². The summed E-state index contributed by atoms with van der Waals surface area (Å²) in [5, 5.41) is 8.79. The summed E-state index contributed by atoms with van der Waals surface area (Å²) in [5.41, 5.74) is 2.88. The Morgan fingerprint density at radius 1 is 1.04 bits per heavy atom. The van der Waals surface area contributed by atoms with E-state index in [1.165, 1.54) is 4.90 Å². The smallest absolute Gasteiger partial charge is 0.303 e. The maximum Gasteiger partial charge on any atom is 0.303 e. The number of aryl methyl sites for hydroxylation is 2. The summed E-state index contributed by atoms with van der Waals surface area (Å²) >= 11 is 0. The molecule has 0 saturated heterocycles. The van der Waals surface area contributed by atoms with Crippen molar-refractivity contribution in [3.63, 3.8) is 0 Å². The van der Waals surface area contributed by atoms with Crippen LogP contribution in [0.2, 0.25) is 0 Å². The second kappa shape index (κ2) is 5.68. The summed E-state index contributed by atoms with van der Waals surface area (Å²) < 4.78 is 0. The molecular formula is C18H15NO4. The largest absolute Gasteiger partial charge is 0.481 e. The van der Waals surface area contributed by atoms with Crippen molar-refractivity contribution in [3.05, 3.63) is 64.7 Å². The molecule has 3 rings (SSSR count). The predicted octanol–water partition coefficient (Wildman–Crippen LogP) is 2.81. The van der Waals surface area contributed by atoms with Crippen molar-refractivity contribution in [3.8, 4) is 0 Å². The van der Waals surface area contributed by atoms with Crippen LogP contribution in [0.5, 0.6) is 0 Å². The fourth-order valence-corrected chi connectivity index (χ4v) is 2.71. The first-order valence-corrected chi connectivity index (χ1v) is 7.28. The van der Waals surface area contributed by atoms with Crippen molar-refractivity contribution in [2.24, 2.45) is 0 Å². The number of amides is 2. The third-order valence-corrected chi connectivity index (χ3v) is 3.94. The minimum absolute atomic E-state index is 0.00458. The number of imide groups is 1. The molecule has 0 atom stereocenters. The number of aliphatic carboxylic acids is 1. The highest BCUT2D eigenvalue weighted by Gasteiger charge is 2.36. The summed E-state index contributed by atoms with van der Waals surface area (Å²) in [7, 11) is 0. The van der Waals surface area contributed by atoms with Crippen LogP contribution >= 0.6 is 0 Å². The minimum atomic E-state index is -0.882. The van der Waals surface area contributed by atoms with Gasteiger partial charge in [0.2, 0.25) is 0 Å². The molecule has 0 bridgehead atoms. The summed E-state index contributed by atoms with van der Waals surface area (Å²) in [6, 6.07) is 12.1. The molecule has 0 spiro atoms. The van der Waals surface area contributed by atoms with Crippen molar-refractivity contribution < 1.29 is 19.5 Å². The first-order chi connectivity index (χ1) is 11.0. The van der Waals surface area contributed by atoms with E-state index in [2.05, 4.69) is 0 Å². The standard InChI is InChI=1S/C18H15NO4/c1-11-6-7-12(8-9-16(20)21)10-15(11)19-17(22)13-4-2-3-5-14(13)18(19)23/h2-7,10H,8-9H2,1H3,(H,20,21). The van der Waals surface area contributed by atoms with Gasteiger partial charge in [0.05, 0.1) is 16.8 Å². The van der Waals surface area contributed by atoms with Gasteiger partial charge in [-0.3, -0.25) is 14.4 Å². The van der Waals surface area contributed by atoms with E-state index < -0.39 is 5.97 Å². The lowest BCUT2D eigenvalue weighted by molar-refractivity contribution is -0.136. The summed E-state index contributed by atoms with van der Waals surface area (Å²) in [4.78, 5) is 37.0. The predicted molar refractivity (Wildman–Crippen MR) is 84.7 cm³/mol. The Hall–Kier alpha value is -2.95. The average molecular weight is 309 g/mol. The maximum atomic E-state index is 12.5. The Morgan fingerprint density at radius 2 is 1.65 bits per heavy atom. The van der Waals surface area contributed by atoms with E-state index in [0.717, 1.165) is 11.1 Å². The molecule has 1 heterocycles. The molecule has 2 aromatic carbocycles. The molecule has 1 N–H and O–H groups in total. The van der Waals surface area contributed by atoms with Crippen LogP contribution in [-0.2, 0) is 11.2 Å². The van der Waals surface area contributed by atoms with Crippen LogP contribution in [0.4, 0.5) is 5.69 Å². The molecule has 1 aliphatic heterocycles. The molecule has 0 fully saturated rings. The molecule has 5 nitrogen and oxygen atoms in total. The van der Waals surface area contributed by atoms with Gasteiger partial charge in [-0.25, -0.2) is 4.90 Å². The zero-order valence-corrected chi connectivity index (χ0v) is 12.6. The van der Waals surface area contributed by atoms with Crippen molar-refractivity contribution >= 4 is 23.5 Å². The molecule has 0 aromatic heterocycles. The Labute approximate surface area is 133 Å². The zero-order valence-electron chi connectivity index (χ0n) is 12.6. The summed E-state index contributed by atoms with van der Waals surface area (Å²) in [6.45, 7) is 1.82. The topological polar surface area (TPSA) is 74.7 Å². The molecule has 0 saturated carbocycles. The quantitative estimate of drug-likeness (QED) is 0.881. The van der Waals surface area contributed by atoms with E-state index >= 15 is 0 Å². The fraction of sp³-hybridized carbons (Fsp3) is 0.167. The second-order valence-corrected chi connectivity index (χ2v) is 5.51. The number of carbonyl (C=O) groups is 3. The van der Waals surface area contributed by atoms with Gasteiger partial charge in [-0.05, 0) is 42.7 Å². The Balaban J connectivity index is 1.99. The van der Waals surface area contributed by atoms with E-state index in [-0.39, 0.29) is 18.2 Å². The van der Waals surface area contributed by atoms with Crippen LogP contribution in [0.1, 0.15) is 38.3 Å². The highest BCUT2D eigenvalue weighted by Crippen LogP contribution is 2.31. The number of carboxylic acids is 1. The molecule has 116 valence electrons. The average Bonchev–Trinajstić information content (AvgIpc) is 2.79. The number of hydrogen-bond donors (Lipinski definition) is 1. The van der Waals surface area contributed by atoms with Gasteiger partial charge in [0.15, 0.2) is 0 Å². The number of anilines is 1. The van der Waals surface area contributed by atoms with Gasteiger partial charge < -0.3 is 5.11 Å². The first kappa shape index (κ1) is 15.0. The van der Waals surface area contributed by atoms with Gasteiger partial charge in [0, 0.05) is 6.42 Å². The Kier molecular flexibility index (Phi) is 3.70. The van der Waals surface area contributed by atoms with E-state index in [4.69, 9.17) is 5.11 Å². The van der Waals surface area contributed by atoms with Crippen molar-refractivity contribution in [2.75, 3.05) is 4.90 Å². The van der Waals surface area contributed by atoms with Crippen LogP contribution in [0.3, 0.4) is 0 Å². The molecule has 1 aliphatic rings. The van der Waals surface area contributed by atoms with Crippen molar-refractivity contribution in [2.45, 2.75) is 19.8 Å². The minimum Gasteiger partial charge on any atom is -0.481 e. The van der Waals surface area contributed by atoms with Crippen LogP contribution in [0.25, 0.3) is 0 Å². The number of carbonyl (C=O) groups excluding carboxylic acids is 2. The van der Waals surface area contributed by atoms with E-state index in [1.807, 2.05) is 13.0 Å². The van der Waals surface area contributed by atoms with E-state index in [1.54, 1.807) is 36.4 Å². The second-order valence-electron chi connectivity index (χ2n) is 5.51. The number of nitrogens with zero attached hydrogens (tertiary/aromatic N) is 1. The third-order valence-electron chi connectivity index (χ3n) is 3.94. The summed E-state index contributed by atoms with van der Waals surface area (Å²) in [5.74, 6) is -1.57. The van der Waals surface area contributed by atoms with Crippen LogP contribution in [-0.4, -0.2) is 22.9 Å². The number of rotatable bonds is 4. The Bertz CT molecular complexity index is 791. The lowest BCUT2D eigenvalue weighted by atomic mass is 10.0. The Morgan fingerprint density at radius 3 is 2.22 bits per heavy atom. The highest BCUT2D eigenvalue weighted by atomic mass is 16.4. The van der Waals surface area contributed by atoms with Crippen LogP contribution in [0, 0.1) is 6.92 Å². The SMILES string of the molecule is Cc1ccc(CCC(=O)O)cc1N1C(=O)c2ccccc2C1=O. The molecule has 0 radical (unpaired) electrons. The third kappa shape index (κ3) is 2.61. The van der Waals surface area contributed by atoms with Gasteiger partial charge in [0.1, 0.15) is 0 Å². The number of fused-ring (bicyclic) bond motifs is 1. The van der Waals surface area contributed by atoms with Crippen LogP contribution in [0.15, 0.2) is 42.5 Å². The molecular weight excluding hydrogens is 294 g/mol. The number of carboxylic acid groups (broad SMARTS) is 1. The monoisotopic (exact) mass is 309 g/mol. The lowest BCUT2D eigenvalue weighted by Crippen LogP contribution is -2.30. The highest BCUT2D eigenvalue weighted by molar-refractivity contribution is 6.34. The molecule has 5 heteroatoms. The first-order valence-electron chi connectivity index (χ1n) is 7.28. The lowest BCUT2D eigenvalue weighted by Gasteiger charge is -2.17. The van der Waals surface area contributed by atoms with Crippen LogP contribution < -0.4 is 4.90 Å². The van der Waals surface area contributed by atoms with E-state index in [0.29, 0.717) is 23.2 Å². The normalized spacial score (nSPS) is 13.3. The summed E-state index contributed by atoms with van der Waals surface area (Å²) in [6.07, 6.45) is 0.358. The molecule has 0 unspecified atom stereocenters. The van der Waals surface area contributed by atoms with Gasteiger partial charge in [-0.1, -0.05) is 24.3 Å². The zero-order chi connectivity index (χ0) is 16.6. The maximum absolute atomic E-state index is 12.5. The molecule has 2 amide bonds. The number of benzene rings is 2. The van der Waals surface area contributed by atoms with Gasteiger partial charge in [-0.15, -0.1) is 0 Å². The van der Waals surface area contributed by atoms with E-state index in [9.17, 15) is 14.4 Å². The van der Waals surface area contributed by atoms with Crippen molar-refractivity contribution in [1.82, 2.24) is 0 Å². The van der Waals surface area contributed by atoms with Crippen molar-refractivity contribution in [1.29, 1.82) is 0 Å². The molecule has 23 heavy (non-hydrogen) atoms.